The van der Waals surface area contributed by atoms with Crippen molar-refractivity contribution in [3.8, 4) is 0 Å². The van der Waals surface area contributed by atoms with Crippen molar-refractivity contribution in [2.75, 3.05) is 5.32 Å². The number of nitrogens with zero attached hydrogens (tertiary/aromatic N) is 1. The number of carbonyl (C=O) groups excluding carboxylic acids is 1. The first-order valence-corrected chi connectivity index (χ1v) is 9.74. The number of benzene rings is 3. The van der Waals surface area contributed by atoms with Crippen LogP contribution < -0.4 is 5.32 Å². The Hall–Kier alpha value is -3.53. The average Bonchev–Trinajstić information content (AvgIpc) is 3.04. The number of cyclic esters (lactones) is 1. The van der Waals surface area contributed by atoms with E-state index in [1.807, 2.05) is 0 Å². The van der Waals surface area contributed by atoms with Gasteiger partial charge in [0.15, 0.2) is 0 Å². The van der Waals surface area contributed by atoms with Crippen molar-refractivity contribution in [2.45, 2.75) is 22.2 Å². The predicted molar refractivity (Wildman–Crippen MR) is 107 cm³/mol. The van der Waals surface area contributed by atoms with E-state index < -0.39 is 34.5 Å². The van der Waals surface area contributed by atoms with E-state index in [0.29, 0.717) is 27.8 Å². The number of halogens is 3. The van der Waals surface area contributed by atoms with Crippen LogP contribution in [0.3, 0.4) is 0 Å². The van der Waals surface area contributed by atoms with Crippen LogP contribution >= 0.6 is 11.8 Å². The molecule has 0 saturated heterocycles. The van der Waals surface area contributed by atoms with Crippen LogP contribution in [0.1, 0.15) is 27.7 Å². The summed E-state index contributed by atoms with van der Waals surface area (Å²) in [5, 5.41) is 14.5. The van der Waals surface area contributed by atoms with Crippen LogP contribution in [0, 0.1) is 10.1 Å². The lowest BCUT2D eigenvalue weighted by Crippen LogP contribution is -2.11. The molecule has 3 aromatic rings. The molecule has 6 nitrogen and oxygen atoms in total. The van der Waals surface area contributed by atoms with Gasteiger partial charge in [-0.15, -0.1) is 0 Å². The van der Waals surface area contributed by atoms with Gasteiger partial charge in [-0.1, -0.05) is 42.1 Å². The fourth-order valence-corrected chi connectivity index (χ4v) is 4.10. The summed E-state index contributed by atoms with van der Waals surface area (Å²) in [7, 11) is 0. The molecule has 31 heavy (non-hydrogen) atoms. The molecule has 1 aliphatic heterocycles. The van der Waals surface area contributed by atoms with Crippen molar-refractivity contribution in [2.24, 2.45) is 0 Å². The van der Waals surface area contributed by atoms with Crippen molar-refractivity contribution >= 4 is 29.1 Å². The summed E-state index contributed by atoms with van der Waals surface area (Å²) in [6.07, 6.45) is -5.44. The predicted octanol–water partition coefficient (Wildman–Crippen LogP) is 6.05. The highest BCUT2D eigenvalue weighted by Crippen LogP contribution is 2.42. The highest BCUT2D eigenvalue weighted by molar-refractivity contribution is 7.99. The zero-order chi connectivity index (χ0) is 22.2. The molecule has 0 amide bonds. The number of ether oxygens (including phenoxy) is 1. The SMILES string of the molecule is O=C1OC(Nc2ccccc2Sc2ccc(C(F)(F)F)cc2[N+](=O)[O-])c2ccccc21. The Morgan fingerprint density at radius 2 is 1.71 bits per heavy atom. The summed E-state index contributed by atoms with van der Waals surface area (Å²) in [5.41, 5.74) is -0.149. The molecule has 4 rings (SSSR count). The molecule has 0 aliphatic carbocycles. The number of nitro benzene ring substituents is 1. The van der Waals surface area contributed by atoms with Crippen LogP contribution in [0.2, 0.25) is 0 Å². The Morgan fingerprint density at radius 3 is 2.45 bits per heavy atom. The Labute approximate surface area is 178 Å². The third kappa shape index (κ3) is 4.19. The Morgan fingerprint density at radius 1 is 1.00 bits per heavy atom. The Balaban J connectivity index is 1.65. The number of nitrogens with one attached hydrogen (secondary N) is 1. The molecular formula is C21H13F3N2O4S. The van der Waals surface area contributed by atoms with Crippen molar-refractivity contribution in [3.63, 3.8) is 0 Å². The normalized spacial score (nSPS) is 15.3. The maximum absolute atomic E-state index is 13.0. The molecule has 0 radical (unpaired) electrons. The minimum atomic E-state index is -4.69. The lowest BCUT2D eigenvalue weighted by Gasteiger charge is -2.17. The molecule has 1 heterocycles. The van der Waals surface area contributed by atoms with Crippen molar-refractivity contribution in [1.29, 1.82) is 0 Å². The molecule has 10 heteroatoms. The van der Waals surface area contributed by atoms with E-state index in [4.69, 9.17) is 4.74 Å². The molecule has 3 aromatic carbocycles. The van der Waals surface area contributed by atoms with Crippen LogP contribution in [0.15, 0.2) is 76.5 Å². The van der Waals surface area contributed by atoms with Crippen LogP contribution in [0.5, 0.6) is 0 Å². The van der Waals surface area contributed by atoms with Crippen molar-refractivity contribution in [1.82, 2.24) is 0 Å². The number of esters is 1. The van der Waals surface area contributed by atoms with Gasteiger partial charge >= 0.3 is 12.1 Å². The standard InChI is InChI=1S/C21H13F3N2O4S/c22-21(23,24)12-9-10-18(16(11-12)26(28)29)31-17-8-4-3-7-15(17)25-19-13-5-1-2-6-14(13)20(27)30-19/h1-11,19,25H. The zero-order valence-electron chi connectivity index (χ0n) is 15.6. The molecule has 0 spiro atoms. The summed E-state index contributed by atoms with van der Waals surface area (Å²) in [5.74, 6) is -0.475. The maximum atomic E-state index is 13.0. The van der Waals surface area contributed by atoms with Crippen LogP contribution in [-0.4, -0.2) is 10.9 Å². The smallest absolute Gasteiger partial charge is 0.416 e. The minimum absolute atomic E-state index is 0.0519. The van der Waals surface area contributed by atoms with Gasteiger partial charge < -0.3 is 10.1 Å². The number of para-hydroxylation sites is 1. The summed E-state index contributed by atoms with van der Waals surface area (Å²) in [6.45, 7) is 0. The minimum Gasteiger partial charge on any atom is -0.434 e. The highest BCUT2D eigenvalue weighted by atomic mass is 32.2. The third-order valence-corrected chi connectivity index (χ3v) is 5.71. The molecule has 0 saturated carbocycles. The molecule has 0 fully saturated rings. The van der Waals surface area contributed by atoms with Crippen LogP contribution in [-0.2, 0) is 10.9 Å². The fraction of sp³-hybridized carbons (Fsp3) is 0.0952. The van der Waals surface area contributed by atoms with Gasteiger partial charge in [0.05, 0.1) is 26.6 Å². The Kier molecular flexibility index (Phi) is 5.32. The van der Waals surface area contributed by atoms with E-state index in [2.05, 4.69) is 5.32 Å². The zero-order valence-corrected chi connectivity index (χ0v) is 16.4. The summed E-state index contributed by atoms with van der Waals surface area (Å²) >= 11 is 0.942. The first kappa shape index (κ1) is 20.7. The number of hydrogen-bond donors (Lipinski definition) is 1. The molecule has 1 unspecified atom stereocenters. The van der Waals surface area contributed by atoms with Crippen molar-refractivity contribution < 1.29 is 27.6 Å². The fourth-order valence-electron chi connectivity index (χ4n) is 3.11. The van der Waals surface area contributed by atoms with E-state index in [1.54, 1.807) is 48.5 Å². The number of hydrogen-bond acceptors (Lipinski definition) is 6. The van der Waals surface area contributed by atoms with Gasteiger partial charge in [0.1, 0.15) is 0 Å². The number of anilines is 1. The van der Waals surface area contributed by atoms with E-state index >= 15 is 0 Å². The van der Waals surface area contributed by atoms with Gasteiger partial charge in [-0.2, -0.15) is 13.2 Å². The molecular weight excluding hydrogens is 433 g/mol. The van der Waals surface area contributed by atoms with E-state index in [0.717, 1.165) is 23.9 Å². The number of nitro groups is 1. The highest BCUT2D eigenvalue weighted by Gasteiger charge is 2.34. The first-order valence-electron chi connectivity index (χ1n) is 8.93. The molecule has 158 valence electrons. The lowest BCUT2D eigenvalue weighted by atomic mass is 10.1. The second-order valence-electron chi connectivity index (χ2n) is 6.55. The van der Waals surface area contributed by atoms with E-state index in [1.165, 1.54) is 0 Å². The number of fused-ring (bicyclic) bond motifs is 1. The van der Waals surface area contributed by atoms with Gasteiger partial charge in [0.25, 0.3) is 5.69 Å². The molecule has 0 bridgehead atoms. The quantitative estimate of drug-likeness (QED) is 0.292. The summed E-state index contributed by atoms with van der Waals surface area (Å²) < 4.78 is 44.2. The van der Waals surface area contributed by atoms with Crippen molar-refractivity contribution in [3.05, 3.63) is 93.5 Å². The van der Waals surface area contributed by atoms with Crippen LogP contribution in [0.25, 0.3) is 0 Å². The van der Waals surface area contributed by atoms with Gasteiger partial charge in [-0.3, -0.25) is 10.1 Å². The van der Waals surface area contributed by atoms with E-state index in [-0.39, 0.29) is 4.90 Å². The number of alkyl halides is 3. The second kappa shape index (κ2) is 7.95. The van der Waals surface area contributed by atoms with E-state index in [9.17, 15) is 28.1 Å². The molecule has 0 aromatic heterocycles. The summed E-state index contributed by atoms with van der Waals surface area (Å²) in [6, 6.07) is 16.0. The average molecular weight is 446 g/mol. The monoisotopic (exact) mass is 446 g/mol. The Bertz CT molecular complexity index is 1180. The topological polar surface area (TPSA) is 81.5 Å². The van der Waals surface area contributed by atoms with Gasteiger partial charge in [0.2, 0.25) is 6.23 Å². The molecule has 1 aliphatic rings. The number of rotatable bonds is 5. The second-order valence-corrected chi connectivity index (χ2v) is 7.64. The summed E-state index contributed by atoms with van der Waals surface area (Å²) in [4.78, 5) is 23.1. The van der Waals surface area contributed by atoms with Gasteiger partial charge in [-0.25, -0.2) is 4.79 Å². The third-order valence-electron chi connectivity index (χ3n) is 4.56. The van der Waals surface area contributed by atoms with Gasteiger partial charge in [-0.05, 0) is 30.3 Å². The lowest BCUT2D eigenvalue weighted by molar-refractivity contribution is -0.388. The molecule has 1 N–H and O–H groups in total. The number of carbonyl (C=O) groups is 1. The largest absolute Gasteiger partial charge is 0.434 e. The molecule has 1 atom stereocenters. The first-order chi connectivity index (χ1) is 14.7. The maximum Gasteiger partial charge on any atom is 0.416 e. The van der Waals surface area contributed by atoms with Crippen LogP contribution in [0.4, 0.5) is 24.5 Å². The van der Waals surface area contributed by atoms with Gasteiger partial charge in [0, 0.05) is 16.5 Å².